The van der Waals surface area contributed by atoms with E-state index in [1.807, 2.05) is 85.5 Å². The number of carbonyl (C=O) groups is 3. The molecule has 4 rings (SSSR count). The van der Waals surface area contributed by atoms with E-state index in [9.17, 15) is 14.4 Å². The summed E-state index contributed by atoms with van der Waals surface area (Å²) in [6, 6.07) is 21.3. The van der Waals surface area contributed by atoms with Gasteiger partial charge in [0.25, 0.3) is 5.91 Å². The molecule has 0 aliphatic carbocycles. The molecule has 1 aliphatic rings. The van der Waals surface area contributed by atoms with E-state index in [1.54, 1.807) is 4.90 Å². The van der Waals surface area contributed by atoms with Crippen molar-refractivity contribution < 1.29 is 14.4 Å². The van der Waals surface area contributed by atoms with Crippen LogP contribution in [-0.2, 0) is 9.59 Å². The molecule has 3 aromatic carbocycles. The first-order chi connectivity index (χ1) is 17.0. The topological polar surface area (TPSA) is 69.7 Å². The van der Waals surface area contributed by atoms with E-state index >= 15 is 0 Å². The van der Waals surface area contributed by atoms with Crippen LogP contribution in [0.1, 0.15) is 42.1 Å². The summed E-state index contributed by atoms with van der Waals surface area (Å²) in [7, 11) is 0. The molecule has 3 aromatic rings. The minimum Gasteiger partial charge on any atom is -0.339 e. The number of para-hydroxylation sites is 1. The van der Waals surface area contributed by atoms with Crippen LogP contribution >= 0.6 is 0 Å². The van der Waals surface area contributed by atoms with E-state index in [0.717, 1.165) is 28.4 Å². The maximum absolute atomic E-state index is 13.3. The zero-order valence-corrected chi connectivity index (χ0v) is 20.5. The molecule has 1 saturated heterocycles. The van der Waals surface area contributed by atoms with E-state index in [1.165, 1.54) is 0 Å². The van der Waals surface area contributed by atoms with Crippen LogP contribution in [0.15, 0.2) is 66.7 Å². The van der Waals surface area contributed by atoms with Gasteiger partial charge in [-0.3, -0.25) is 14.4 Å². The van der Waals surface area contributed by atoms with Crippen LogP contribution in [0, 0.1) is 12.8 Å². The van der Waals surface area contributed by atoms with Gasteiger partial charge in [-0.25, -0.2) is 0 Å². The number of anilines is 1. The van der Waals surface area contributed by atoms with Crippen molar-refractivity contribution in [3.05, 3.63) is 77.9 Å². The largest absolute Gasteiger partial charge is 0.339 e. The summed E-state index contributed by atoms with van der Waals surface area (Å²) in [5.41, 5.74) is 2.45. The highest BCUT2D eigenvalue weighted by molar-refractivity contribution is 6.07. The number of fused-ring (bicyclic) bond motifs is 1. The van der Waals surface area contributed by atoms with E-state index < -0.39 is 0 Å². The lowest BCUT2D eigenvalue weighted by molar-refractivity contribution is -0.139. The number of rotatable bonds is 7. The first-order valence-corrected chi connectivity index (χ1v) is 12.4. The van der Waals surface area contributed by atoms with Crippen molar-refractivity contribution in [3.63, 3.8) is 0 Å². The molecule has 1 heterocycles. The maximum Gasteiger partial charge on any atom is 0.254 e. The zero-order valence-electron chi connectivity index (χ0n) is 20.5. The van der Waals surface area contributed by atoms with Crippen molar-refractivity contribution in [2.24, 2.45) is 5.92 Å². The smallest absolute Gasteiger partial charge is 0.254 e. The van der Waals surface area contributed by atoms with Gasteiger partial charge in [-0.2, -0.15) is 0 Å². The summed E-state index contributed by atoms with van der Waals surface area (Å²) in [5, 5.41) is 4.92. The molecule has 3 amide bonds. The van der Waals surface area contributed by atoms with Gasteiger partial charge in [0, 0.05) is 36.8 Å². The molecule has 6 heteroatoms. The van der Waals surface area contributed by atoms with E-state index in [-0.39, 0.29) is 30.2 Å². The van der Waals surface area contributed by atoms with Crippen molar-refractivity contribution in [1.29, 1.82) is 0 Å². The van der Waals surface area contributed by atoms with Crippen LogP contribution in [-0.4, -0.2) is 53.7 Å². The van der Waals surface area contributed by atoms with Gasteiger partial charge in [0.05, 0.1) is 6.54 Å². The van der Waals surface area contributed by atoms with Gasteiger partial charge in [-0.15, -0.1) is 0 Å². The van der Waals surface area contributed by atoms with Gasteiger partial charge in [-0.1, -0.05) is 61.5 Å². The van der Waals surface area contributed by atoms with E-state index in [2.05, 4.69) is 5.32 Å². The number of amides is 3. The molecule has 1 fully saturated rings. The Morgan fingerprint density at radius 1 is 0.943 bits per heavy atom. The SMILES string of the molecule is CCCN(CC(=O)Nc1ccccc1C)C(=O)C1CCN(C(=O)c2cccc3ccccc23)CC1. The molecule has 0 atom stereocenters. The number of aryl methyl sites for hydroxylation is 1. The van der Waals surface area contributed by atoms with E-state index in [0.29, 0.717) is 38.0 Å². The lowest BCUT2D eigenvalue weighted by Gasteiger charge is -2.34. The minimum atomic E-state index is -0.190. The molecule has 0 saturated carbocycles. The first-order valence-electron chi connectivity index (χ1n) is 12.4. The van der Waals surface area contributed by atoms with Gasteiger partial charge in [-0.05, 0) is 54.7 Å². The summed E-state index contributed by atoms with van der Waals surface area (Å²) in [4.78, 5) is 42.8. The van der Waals surface area contributed by atoms with Crippen molar-refractivity contribution >= 4 is 34.2 Å². The summed E-state index contributed by atoms with van der Waals surface area (Å²) < 4.78 is 0. The standard InChI is InChI=1S/C29H33N3O3/c1-3-17-32(20-27(33)30-26-14-7-4-9-21(26)2)28(34)23-15-18-31(19-16-23)29(35)25-13-8-11-22-10-5-6-12-24(22)25/h4-14,23H,3,15-20H2,1-2H3,(H,30,33). The lowest BCUT2D eigenvalue weighted by atomic mass is 9.94. The Hall–Kier alpha value is -3.67. The number of nitrogens with one attached hydrogen (secondary N) is 1. The van der Waals surface area contributed by atoms with Crippen molar-refractivity contribution in [2.45, 2.75) is 33.1 Å². The monoisotopic (exact) mass is 471 g/mol. The zero-order chi connectivity index (χ0) is 24.8. The summed E-state index contributed by atoms with van der Waals surface area (Å²) >= 11 is 0. The third-order valence-electron chi connectivity index (χ3n) is 6.71. The Morgan fingerprint density at radius 2 is 1.63 bits per heavy atom. The van der Waals surface area contributed by atoms with Gasteiger partial charge >= 0.3 is 0 Å². The predicted octanol–water partition coefficient (Wildman–Crippen LogP) is 4.88. The molecule has 1 N–H and O–H groups in total. The van der Waals surface area contributed by atoms with Crippen LogP contribution in [0.4, 0.5) is 5.69 Å². The molecule has 0 bridgehead atoms. The van der Waals surface area contributed by atoms with Crippen LogP contribution in [0.2, 0.25) is 0 Å². The number of nitrogens with zero attached hydrogens (tertiary/aromatic N) is 2. The van der Waals surface area contributed by atoms with Crippen LogP contribution in [0.25, 0.3) is 10.8 Å². The number of carbonyl (C=O) groups excluding carboxylic acids is 3. The Kier molecular flexibility index (Phi) is 7.80. The number of piperidine rings is 1. The van der Waals surface area contributed by atoms with Crippen molar-refractivity contribution in [3.8, 4) is 0 Å². The van der Waals surface area contributed by atoms with Gasteiger partial charge in [0.2, 0.25) is 11.8 Å². The van der Waals surface area contributed by atoms with Crippen LogP contribution in [0.5, 0.6) is 0 Å². The van der Waals surface area contributed by atoms with Crippen molar-refractivity contribution in [1.82, 2.24) is 9.80 Å². The highest BCUT2D eigenvalue weighted by Gasteiger charge is 2.31. The molecule has 0 aromatic heterocycles. The third-order valence-corrected chi connectivity index (χ3v) is 6.71. The molecule has 35 heavy (non-hydrogen) atoms. The summed E-state index contributed by atoms with van der Waals surface area (Å²) in [6.45, 7) is 5.59. The molecule has 0 spiro atoms. The maximum atomic E-state index is 13.3. The lowest BCUT2D eigenvalue weighted by Crippen LogP contribution is -2.46. The normalized spacial score (nSPS) is 14.1. The molecule has 0 radical (unpaired) electrons. The fraction of sp³-hybridized carbons (Fsp3) is 0.345. The van der Waals surface area contributed by atoms with Gasteiger partial charge in [0.15, 0.2) is 0 Å². The molecular formula is C29H33N3O3. The quantitative estimate of drug-likeness (QED) is 0.534. The Balaban J connectivity index is 1.37. The fourth-order valence-corrected chi connectivity index (χ4v) is 4.78. The molecule has 6 nitrogen and oxygen atoms in total. The summed E-state index contributed by atoms with van der Waals surface area (Å²) in [6.07, 6.45) is 1.99. The average molecular weight is 472 g/mol. The van der Waals surface area contributed by atoms with Crippen molar-refractivity contribution in [2.75, 3.05) is 31.5 Å². The van der Waals surface area contributed by atoms with Crippen LogP contribution < -0.4 is 5.32 Å². The number of likely N-dealkylation sites (tertiary alicyclic amines) is 1. The molecule has 182 valence electrons. The molecular weight excluding hydrogens is 438 g/mol. The van der Waals surface area contributed by atoms with Gasteiger partial charge in [0.1, 0.15) is 0 Å². The fourth-order valence-electron chi connectivity index (χ4n) is 4.78. The Bertz CT molecular complexity index is 1210. The second-order valence-corrected chi connectivity index (χ2v) is 9.22. The first kappa shape index (κ1) is 24.5. The van der Waals surface area contributed by atoms with Crippen LogP contribution in [0.3, 0.4) is 0 Å². The predicted molar refractivity (Wildman–Crippen MR) is 139 cm³/mol. The highest BCUT2D eigenvalue weighted by Crippen LogP contribution is 2.25. The number of hydrogen-bond donors (Lipinski definition) is 1. The number of benzene rings is 3. The Labute approximate surface area is 206 Å². The average Bonchev–Trinajstić information content (AvgIpc) is 2.88. The second-order valence-electron chi connectivity index (χ2n) is 9.22. The highest BCUT2D eigenvalue weighted by atomic mass is 16.2. The molecule has 0 unspecified atom stereocenters. The summed E-state index contributed by atoms with van der Waals surface area (Å²) in [5.74, 6) is -0.353. The van der Waals surface area contributed by atoms with Gasteiger partial charge < -0.3 is 15.1 Å². The second kappa shape index (κ2) is 11.2. The number of hydrogen-bond acceptors (Lipinski definition) is 3. The minimum absolute atomic E-state index is 0.00374. The van der Waals surface area contributed by atoms with E-state index in [4.69, 9.17) is 0 Å². The molecule has 1 aliphatic heterocycles. The Morgan fingerprint density at radius 3 is 2.37 bits per heavy atom. The third kappa shape index (κ3) is 5.70.